The summed E-state index contributed by atoms with van der Waals surface area (Å²) in [6.45, 7) is 4.84. The molecule has 1 aromatic carbocycles. The molecule has 2 saturated heterocycles. The third-order valence-electron chi connectivity index (χ3n) is 4.69. The van der Waals surface area contributed by atoms with Crippen LogP contribution in [0.5, 0.6) is 0 Å². The first-order valence-corrected chi connectivity index (χ1v) is 8.83. The van der Waals surface area contributed by atoms with Gasteiger partial charge in [-0.3, -0.25) is 14.6 Å². The third kappa shape index (κ3) is 4.56. The summed E-state index contributed by atoms with van der Waals surface area (Å²) < 4.78 is 19.3. The summed E-state index contributed by atoms with van der Waals surface area (Å²) in [6.07, 6.45) is -1.19. The molecule has 2 fully saturated rings. The molecule has 3 rings (SSSR count). The van der Waals surface area contributed by atoms with Crippen LogP contribution < -0.4 is 4.90 Å². The number of carbonyl (C=O) groups excluding carboxylic acids is 2. The number of rotatable bonds is 3. The molecule has 8 heteroatoms. The predicted molar refractivity (Wildman–Crippen MR) is 96.7 cm³/mol. The molecule has 0 unspecified atom stereocenters. The molecule has 2 aliphatic heterocycles. The van der Waals surface area contributed by atoms with E-state index in [9.17, 15) is 14.0 Å². The Morgan fingerprint density at radius 3 is 2.67 bits per heavy atom. The van der Waals surface area contributed by atoms with Crippen LogP contribution in [-0.2, 0) is 9.53 Å². The van der Waals surface area contributed by atoms with E-state index in [1.54, 1.807) is 17.9 Å². The van der Waals surface area contributed by atoms with E-state index < -0.39 is 18.0 Å². The van der Waals surface area contributed by atoms with Crippen LogP contribution in [0, 0.1) is 17.7 Å². The maximum atomic E-state index is 14.3. The lowest BCUT2D eigenvalue weighted by molar-refractivity contribution is -0.130. The number of aliphatic hydroxyl groups excluding tert-OH is 1. The van der Waals surface area contributed by atoms with Gasteiger partial charge in [0.05, 0.1) is 30.9 Å². The number of hydrogen-bond acceptors (Lipinski definition) is 5. The van der Waals surface area contributed by atoms with E-state index in [1.807, 2.05) is 0 Å². The summed E-state index contributed by atoms with van der Waals surface area (Å²) in [6, 6.07) is 4.39. The van der Waals surface area contributed by atoms with Crippen molar-refractivity contribution in [2.45, 2.75) is 13.0 Å². The Kier molecular flexibility index (Phi) is 5.94. The van der Waals surface area contributed by atoms with Gasteiger partial charge in [0.25, 0.3) is 0 Å². The molecular formula is C19H22FN3O4. The van der Waals surface area contributed by atoms with Crippen molar-refractivity contribution in [2.75, 3.05) is 50.8 Å². The van der Waals surface area contributed by atoms with E-state index in [1.165, 1.54) is 17.0 Å². The molecule has 1 atom stereocenters. The van der Waals surface area contributed by atoms with Crippen LogP contribution in [-0.4, -0.2) is 78.9 Å². The first-order valence-electron chi connectivity index (χ1n) is 8.83. The Bertz CT molecular complexity index is 781. The Hall–Kier alpha value is -2.63. The second-order valence-corrected chi connectivity index (χ2v) is 6.55. The molecule has 0 aliphatic carbocycles. The third-order valence-corrected chi connectivity index (χ3v) is 4.69. The van der Waals surface area contributed by atoms with Crippen molar-refractivity contribution in [1.82, 2.24) is 9.80 Å². The van der Waals surface area contributed by atoms with Gasteiger partial charge in [-0.05, 0) is 18.2 Å². The molecule has 7 nitrogen and oxygen atoms in total. The number of ether oxygens (including phenoxy) is 1. The van der Waals surface area contributed by atoms with Gasteiger partial charge in [0, 0.05) is 33.1 Å². The summed E-state index contributed by atoms with van der Waals surface area (Å²) in [5.74, 6) is 5.35. The fourth-order valence-electron chi connectivity index (χ4n) is 3.07. The number of piperazine rings is 1. The SMILES string of the molecule is CC(=O)N1CCN(CC#Cc2ccc(N3C[C@H](CO)OC3=O)cc2F)CC1. The predicted octanol–water partition coefficient (Wildman–Crippen LogP) is 0.659. The topological polar surface area (TPSA) is 73.3 Å². The summed E-state index contributed by atoms with van der Waals surface area (Å²) in [4.78, 5) is 28.3. The van der Waals surface area contributed by atoms with Crippen LogP contribution in [0.1, 0.15) is 12.5 Å². The number of benzene rings is 1. The summed E-state index contributed by atoms with van der Waals surface area (Å²) >= 11 is 0. The minimum absolute atomic E-state index is 0.0788. The van der Waals surface area contributed by atoms with Gasteiger partial charge in [0.15, 0.2) is 0 Å². The molecule has 1 aromatic rings. The molecule has 0 saturated carbocycles. The van der Waals surface area contributed by atoms with Crippen molar-refractivity contribution >= 4 is 17.7 Å². The first kappa shape index (κ1) is 19.1. The minimum Gasteiger partial charge on any atom is -0.441 e. The molecule has 2 aliphatic rings. The van der Waals surface area contributed by atoms with Crippen molar-refractivity contribution in [3.05, 3.63) is 29.6 Å². The lowest BCUT2D eigenvalue weighted by atomic mass is 10.2. The van der Waals surface area contributed by atoms with Crippen molar-refractivity contribution < 1.29 is 23.8 Å². The number of nitrogens with zero attached hydrogens (tertiary/aromatic N) is 3. The molecule has 0 bridgehead atoms. The van der Waals surface area contributed by atoms with Gasteiger partial charge in [-0.15, -0.1) is 0 Å². The molecule has 2 heterocycles. The van der Waals surface area contributed by atoms with Crippen molar-refractivity contribution in [3.8, 4) is 11.8 Å². The van der Waals surface area contributed by atoms with Crippen LogP contribution in [0.25, 0.3) is 0 Å². The number of cyclic esters (lactones) is 1. The average molecular weight is 375 g/mol. The number of amides is 2. The van der Waals surface area contributed by atoms with Crippen LogP contribution in [0.2, 0.25) is 0 Å². The molecule has 27 heavy (non-hydrogen) atoms. The highest BCUT2D eigenvalue weighted by molar-refractivity contribution is 5.89. The summed E-state index contributed by atoms with van der Waals surface area (Å²) in [7, 11) is 0. The van der Waals surface area contributed by atoms with Crippen molar-refractivity contribution in [1.29, 1.82) is 0 Å². The molecule has 2 amide bonds. The van der Waals surface area contributed by atoms with Gasteiger partial charge in [0.1, 0.15) is 11.9 Å². The summed E-state index contributed by atoms with van der Waals surface area (Å²) in [5.41, 5.74) is 0.631. The van der Waals surface area contributed by atoms with E-state index in [4.69, 9.17) is 9.84 Å². The highest BCUT2D eigenvalue weighted by Crippen LogP contribution is 2.23. The quantitative estimate of drug-likeness (QED) is 0.786. The van der Waals surface area contributed by atoms with E-state index in [0.717, 1.165) is 13.1 Å². The Balaban J connectivity index is 1.59. The molecule has 1 N–H and O–H groups in total. The Labute approximate surface area is 157 Å². The molecular weight excluding hydrogens is 353 g/mol. The molecule has 0 spiro atoms. The normalized spacial score (nSPS) is 20.3. The highest BCUT2D eigenvalue weighted by Gasteiger charge is 2.32. The van der Waals surface area contributed by atoms with Crippen LogP contribution in [0.4, 0.5) is 14.9 Å². The first-order chi connectivity index (χ1) is 13.0. The average Bonchev–Trinajstić information content (AvgIpc) is 3.04. The fourth-order valence-corrected chi connectivity index (χ4v) is 3.07. The Morgan fingerprint density at radius 2 is 2.07 bits per heavy atom. The molecule has 0 aromatic heterocycles. The lowest BCUT2D eigenvalue weighted by Crippen LogP contribution is -2.47. The van der Waals surface area contributed by atoms with E-state index in [0.29, 0.717) is 25.3 Å². The maximum absolute atomic E-state index is 14.3. The van der Waals surface area contributed by atoms with Crippen LogP contribution in [0.3, 0.4) is 0 Å². The van der Waals surface area contributed by atoms with Gasteiger partial charge in [-0.1, -0.05) is 11.8 Å². The van der Waals surface area contributed by atoms with E-state index in [-0.39, 0.29) is 24.6 Å². The largest absolute Gasteiger partial charge is 0.441 e. The van der Waals surface area contributed by atoms with Gasteiger partial charge < -0.3 is 14.7 Å². The highest BCUT2D eigenvalue weighted by atomic mass is 19.1. The second kappa shape index (κ2) is 8.37. The zero-order chi connectivity index (χ0) is 19.4. The number of carbonyl (C=O) groups is 2. The summed E-state index contributed by atoms with van der Waals surface area (Å²) in [5, 5.41) is 9.07. The standard InChI is InChI=1S/C19H22FN3O4/c1-14(25)22-9-7-21(8-10-22)6-2-3-15-4-5-16(11-18(15)20)23-12-17(13-24)27-19(23)26/h4-5,11,17,24H,6-10,12-13H2,1H3/t17-/m1/s1. The van der Waals surface area contributed by atoms with Crippen molar-refractivity contribution in [2.24, 2.45) is 0 Å². The Morgan fingerprint density at radius 1 is 1.33 bits per heavy atom. The smallest absolute Gasteiger partial charge is 0.414 e. The number of halogens is 1. The molecule has 0 radical (unpaired) electrons. The van der Waals surface area contributed by atoms with Gasteiger partial charge in [0.2, 0.25) is 5.91 Å². The second-order valence-electron chi connectivity index (χ2n) is 6.55. The lowest BCUT2D eigenvalue weighted by Gasteiger charge is -2.32. The van der Waals surface area contributed by atoms with Crippen LogP contribution >= 0.6 is 0 Å². The monoisotopic (exact) mass is 375 g/mol. The van der Waals surface area contributed by atoms with E-state index in [2.05, 4.69) is 16.7 Å². The van der Waals surface area contributed by atoms with E-state index >= 15 is 0 Å². The number of anilines is 1. The van der Waals surface area contributed by atoms with Crippen molar-refractivity contribution in [3.63, 3.8) is 0 Å². The van der Waals surface area contributed by atoms with Gasteiger partial charge >= 0.3 is 6.09 Å². The fraction of sp³-hybridized carbons (Fsp3) is 0.474. The minimum atomic E-state index is -0.600. The number of aliphatic hydroxyl groups is 1. The van der Waals surface area contributed by atoms with Gasteiger partial charge in [-0.25, -0.2) is 9.18 Å². The van der Waals surface area contributed by atoms with Crippen LogP contribution in [0.15, 0.2) is 18.2 Å². The number of hydrogen-bond donors (Lipinski definition) is 1. The zero-order valence-electron chi connectivity index (χ0n) is 15.2. The zero-order valence-corrected chi connectivity index (χ0v) is 15.2. The maximum Gasteiger partial charge on any atom is 0.414 e. The molecule has 144 valence electrons. The van der Waals surface area contributed by atoms with Gasteiger partial charge in [-0.2, -0.15) is 0 Å².